The number of aliphatic hydroxyl groups is 4. The SMILES string of the molecule is CCCCCC=CCC=CCCCCCCCCCC(=O)O[C@H](COC(=O)CCCCCCCCCCCCCCC)COP(=O)(O)O[C@H]1C(O)C(O)C(O)[C@@H](OP(=O)(O)O)C1O. The van der Waals surface area contributed by atoms with Crippen molar-refractivity contribution in [2.75, 3.05) is 13.2 Å². The highest BCUT2D eigenvalue weighted by atomic mass is 31.2. The highest BCUT2D eigenvalue weighted by Crippen LogP contribution is 2.49. The molecule has 1 fully saturated rings. The standard InChI is InChI=1S/C45H84O16P2/c1-3-5-7-9-11-13-15-17-18-19-20-22-24-26-28-30-32-34-39(47)59-37(35-57-38(46)33-31-29-27-25-23-21-16-14-12-10-8-6-4-2)36-58-63(55,56)61-45-42(50)40(48)41(49)44(43(45)51)60-62(52,53)54/h11,13,17-18,37,40-45,48-51H,3-10,12,14-16,19-36H2,1-2H3,(H,55,56)(H2,52,53,54)/t37-,40?,41?,42?,43?,44-,45+/m1/s1. The van der Waals surface area contributed by atoms with E-state index in [1.54, 1.807) is 0 Å². The molecule has 0 aromatic carbocycles. The van der Waals surface area contributed by atoms with E-state index >= 15 is 0 Å². The lowest BCUT2D eigenvalue weighted by molar-refractivity contribution is -0.216. The lowest BCUT2D eigenvalue weighted by Gasteiger charge is -2.43. The summed E-state index contributed by atoms with van der Waals surface area (Å²) < 4.78 is 49.4. The zero-order chi connectivity index (χ0) is 46.8. The predicted molar refractivity (Wildman–Crippen MR) is 241 cm³/mol. The highest BCUT2D eigenvalue weighted by Gasteiger charge is 2.54. The molecule has 0 aromatic heterocycles. The number of unbranched alkanes of at least 4 members (excludes halogenated alkanes) is 22. The summed E-state index contributed by atoms with van der Waals surface area (Å²) in [5, 5.41) is 41.2. The number of esters is 2. The van der Waals surface area contributed by atoms with Gasteiger partial charge in [-0.25, -0.2) is 9.13 Å². The van der Waals surface area contributed by atoms with E-state index in [9.17, 15) is 44.0 Å². The van der Waals surface area contributed by atoms with E-state index in [-0.39, 0.29) is 12.8 Å². The Morgan fingerprint density at radius 3 is 1.41 bits per heavy atom. The van der Waals surface area contributed by atoms with E-state index in [0.29, 0.717) is 12.8 Å². The van der Waals surface area contributed by atoms with Crippen LogP contribution in [0.3, 0.4) is 0 Å². The fraction of sp³-hybridized carbons (Fsp3) is 0.867. The third kappa shape index (κ3) is 31.2. The zero-order valence-corrected chi connectivity index (χ0v) is 40.1. The normalized spacial score (nSPS) is 22.1. The van der Waals surface area contributed by atoms with Gasteiger partial charge in [0.1, 0.15) is 43.2 Å². The van der Waals surface area contributed by atoms with Crippen LogP contribution >= 0.6 is 15.6 Å². The first kappa shape index (κ1) is 59.5. The van der Waals surface area contributed by atoms with Crippen molar-refractivity contribution >= 4 is 27.6 Å². The maximum absolute atomic E-state index is 13.0. The van der Waals surface area contributed by atoms with E-state index in [1.807, 2.05) is 0 Å². The number of phosphoric acid groups is 2. The van der Waals surface area contributed by atoms with Gasteiger partial charge in [-0.1, -0.05) is 160 Å². The summed E-state index contributed by atoms with van der Waals surface area (Å²) in [6, 6.07) is 0. The Hall–Kier alpha value is -1.52. The lowest BCUT2D eigenvalue weighted by Crippen LogP contribution is -2.64. The molecule has 1 saturated carbocycles. The molecule has 0 saturated heterocycles. The van der Waals surface area contributed by atoms with Crippen LogP contribution in [0, 0.1) is 0 Å². The molecule has 0 bridgehead atoms. The smallest absolute Gasteiger partial charge is 0.462 e. The lowest BCUT2D eigenvalue weighted by atomic mass is 9.85. The number of phosphoric ester groups is 2. The molecule has 1 aliphatic carbocycles. The van der Waals surface area contributed by atoms with Crippen molar-refractivity contribution in [1.29, 1.82) is 0 Å². The molecule has 7 N–H and O–H groups in total. The van der Waals surface area contributed by atoms with Gasteiger partial charge in [-0.15, -0.1) is 0 Å². The molecule has 0 aliphatic heterocycles. The van der Waals surface area contributed by atoms with Gasteiger partial charge < -0.3 is 44.6 Å². The molecule has 0 heterocycles. The number of rotatable bonds is 40. The van der Waals surface area contributed by atoms with Gasteiger partial charge in [0.25, 0.3) is 0 Å². The molecule has 0 aromatic rings. The van der Waals surface area contributed by atoms with Gasteiger partial charge in [0.2, 0.25) is 0 Å². The van der Waals surface area contributed by atoms with Crippen LogP contribution in [0.15, 0.2) is 24.3 Å². The van der Waals surface area contributed by atoms with Gasteiger partial charge in [0.05, 0.1) is 6.61 Å². The van der Waals surface area contributed by atoms with Gasteiger partial charge in [-0.3, -0.25) is 23.2 Å². The molecule has 63 heavy (non-hydrogen) atoms. The summed E-state index contributed by atoms with van der Waals surface area (Å²) in [7, 11) is -10.7. The van der Waals surface area contributed by atoms with Crippen LogP contribution in [0.4, 0.5) is 0 Å². The van der Waals surface area contributed by atoms with E-state index < -0.39 is 83.5 Å². The summed E-state index contributed by atoms with van der Waals surface area (Å²) >= 11 is 0. The molecule has 0 spiro atoms. The molecule has 8 atom stereocenters. The van der Waals surface area contributed by atoms with E-state index in [0.717, 1.165) is 83.5 Å². The Balaban J connectivity index is 2.59. The van der Waals surface area contributed by atoms with Crippen molar-refractivity contribution in [3.8, 4) is 0 Å². The molecule has 16 nitrogen and oxygen atoms in total. The third-order valence-electron chi connectivity index (χ3n) is 11.0. The summed E-state index contributed by atoms with van der Waals surface area (Å²) in [6.45, 7) is 3.08. The number of ether oxygens (including phenoxy) is 2. The molecule has 1 rings (SSSR count). The van der Waals surface area contributed by atoms with Crippen LogP contribution in [0.5, 0.6) is 0 Å². The second-order valence-corrected chi connectivity index (χ2v) is 19.4. The fourth-order valence-electron chi connectivity index (χ4n) is 7.29. The Kier molecular flexibility index (Phi) is 34.5. The largest absolute Gasteiger partial charge is 0.472 e. The van der Waals surface area contributed by atoms with Crippen LogP contribution in [0.1, 0.15) is 194 Å². The molecule has 5 unspecified atom stereocenters. The van der Waals surface area contributed by atoms with Crippen LogP contribution in [-0.4, -0.2) is 103 Å². The topological polar surface area (TPSA) is 256 Å². The van der Waals surface area contributed by atoms with Crippen LogP contribution in [0.25, 0.3) is 0 Å². The van der Waals surface area contributed by atoms with E-state index in [1.165, 1.54) is 70.6 Å². The number of carbonyl (C=O) groups excluding carboxylic acids is 2. The predicted octanol–water partition coefficient (Wildman–Crippen LogP) is 8.95. The summed E-state index contributed by atoms with van der Waals surface area (Å²) in [5.74, 6) is -1.21. The number of aliphatic hydroxyl groups excluding tert-OH is 4. The van der Waals surface area contributed by atoms with Crippen molar-refractivity contribution in [3.05, 3.63) is 24.3 Å². The van der Waals surface area contributed by atoms with Crippen molar-refractivity contribution in [1.82, 2.24) is 0 Å². The number of allylic oxidation sites excluding steroid dienone is 4. The molecule has 370 valence electrons. The fourth-order valence-corrected chi connectivity index (χ4v) is 8.83. The molecule has 1 aliphatic rings. The quantitative estimate of drug-likeness (QED) is 0.0131. The Labute approximate surface area is 377 Å². The monoisotopic (exact) mass is 943 g/mol. The highest BCUT2D eigenvalue weighted by molar-refractivity contribution is 7.47. The first-order valence-electron chi connectivity index (χ1n) is 23.9. The zero-order valence-electron chi connectivity index (χ0n) is 38.3. The Morgan fingerprint density at radius 2 is 0.921 bits per heavy atom. The van der Waals surface area contributed by atoms with Crippen molar-refractivity contribution in [2.45, 2.75) is 236 Å². The van der Waals surface area contributed by atoms with Crippen LogP contribution in [0.2, 0.25) is 0 Å². The van der Waals surface area contributed by atoms with Gasteiger partial charge >= 0.3 is 27.6 Å². The minimum Gasteiger partial charge on any atom is -0.462 e. The number of carbonyl (C=O) groups is 2. The summed E-state index contributed by atoms with van der Waals surface area (Å²) in [6.07, 6.45) is 22.7. The van der Waals surface area contributed by atoms with Crippen molar-refractivity contribution in [3.63, 3.8) is 0 Å². The van der Waals surface area contributed by atoms with Crippen LogP contribution in [-0.2, 0) is 41.8 Å². The molecular formula is C45H84O16P2. The van der Waals surface area contributed by atoms with Crippen molar-refractivity contribution < 1.29 is 76.9 Å². The summed E-state index contributed by atoms with van der Waals surface area (Å²) in [4.78, 5) is 54.2. The Bertz CT molecular complexity index is 1330. The first-order chi connectivity index (χ1) is 30.1. The number of hydrogen-bond donors (Lipinski definition) is 7. The third-order valence-corrected chi connectivity index (χ3v) is 12.5. The Morgan fingerprint density at radius 1 is 0.508 bits per heavy atom. The molecular weight excluding hydrogens is 858 g/mol. The minimum absolute atomic E-state index is 0.0379. The molecule has 0 amide bonds. The first-order valence-corrected chi connectivity index (χ1v) is 26.9. The molecule has 0 radical (unpaired) electrons. The molecule has 18 heteroatoms. The maximum atomic E-state index is 13.0. The van der Waals surface area contributed by atoms with E-state index in [4.69, 9.17) is 28.3 Å². The minimum atomic E-state index is -5.36. The second-order valence-electron chi connectivity index (χ2n) is 16.8. The van der Waals surface area contributed by atoms with Gasteiger partial charge in [0.15, 0.2) is 6.10 Å². The number of hydrogen-bond acceptors (Lipinski definition) is 13. The average Bonchev–Trinajstić information content (AvgIpc) is 3.23. The second kappa shape index (κ2) is 36.6. The van der Waals surface area contributed by atoms with Gasteiger partial charge in [-0.05, 0) is 44.9 Å². The van der Waals surface area contributed by atoms with Crippen LogP contribution < -0.4 is 0 Å². The average molecular weight is 943 g/mol. The summed E-state index contributed by atoms with van der Waals surface area (Å²) in [5.41, 5.74) is 0. The van der Waals surface area contributed by atoms with E-state index in [2.05, 4.69) is 42.7 Å². The van der Waals surface area contributed by atoms with Gasteiger partial charge in [-0.2, -0.15) is 0 Å². The maximum Gasteiger partial charge on any atom is 0.472 e. The van der Waals surface area contributed by atoms with Gasteiger partial charge in [0, 0.05) is 12.8 Å². The van der Waals surface area contributed by atoms with Crippen molar-refractivity contribution in [2.24, 2.45) is 0 Å².